The number of likely N-dealkylation sites (tertiary alicyclic amines) is 1. The second kappa shape index (κ2) is 6.50. The SMILES string of the molecule is CC(C)c1noc(C2CC(=O)N(Cc3ccc(C(F)(F)F)cc3)C2)n1. The number of hydrogen-bond acceptors (Lipinski definition) is 4. The van der Waals surface area contributed by atoms with Crippen molar-refractivity contribution in [2.75, 3.05) is 6.54 Å². The molecule has 1 amide bonds. The molecule has 2 heterocycles. The lowest BCUT2D eigenvalue weighted by Gasteiger charge is -2.16. The van der Waals surface area contributed by atoms with Crippen LogP contribution >= 0.6 is 0 Å². The van der Waals surface area contributed by atoms with Gasteiger partial charge in [0.25, 0.3) is 0 Å². The van der Waals surface area contributed by atoms with Crippen molar-refractivity contribution >= 4 is 5.91 Å². The van der Waals surface area contributed by atoms with Crippen molar-refractivity contribution in [2.24, 2.45) is 0 Å². The Morgan fingerprint density at radius 1 is 1.28 bits per heavy atom. The number of hydrogen-bond donors (Lipinski definition) is 0. The molecule has 0 saturated carbocycles. The van der Waals surface area contributed by atoms with Crippen LogP contribution in [-0.4, -0.2) is 27.5 Å². The summed E-state index contributed by atoms with van der Waals surface area (Å²) in [5.41, 5.74) is -0.0515. The van der Waals surface area contributed by atoms with Crippen molar-refractivity contribution in [1.29, 1.82) is 0 Å². The first-order valence-electron chi connectivity index (χ1n) is 8.01. The zero-order valence-corrected chi connectivity index (χ0v) is 13.9. The fourth-order valence-electron chi connectivity index (χ4n) is 2.76. The second-order valence-electron chi connectivity index (χ2n) is 6.52. The molecule has 25 heavy (non-hydrogen) atoms. The number of nitrogens with zero attached hydrogens (tertiary/aromatic N) is 3. The maximum absolute atomic E-state index is 12.6. The average Bonchev–Trinajstić information content (AvgIpc) is 3.15. The Hall–Kier alpha value is -2.38. The molecule has 1 aromatic carbocycles. The molecule has 0 radical (unpaired) electrons. The number of carbonyl (C=O) groups is 1. The summed E-state index contributed by atoms with van der Waals surface area (Å²) in [6.45, 7) is 4.58. The number of alkyl halides is 3. The van der Waals surface area contributed by atoms with E-state index in [1.54, 1.807) is 4.90 Å². The highest BCUT2D eigenvalue weighted by Gasteiger charge is 2.35. The van der Waals surface area contributed by atoms with Gasteiger partial charge in [-0.1, -0.05) is 31.1 Å². The normalized spacial score (nSPS) is 18.4. The maximum atomic E-state index is 12.6. The van der Waals surface area contributed by atoms with E-state index in [9.17, 15) is 18.0 Å². The van der Waals surface area contributed by atoms with Crippen LogP contribution in [0.2, 0.25) is 0 Å². The van der Waals surface area contributed by atoms with Crippen LogP contribution < -0.4 is 0 Å². The van der Waals surface area contributed by atoms with Gasteiger partial charge in [-0.2, -0.15) is 18.2 Å². The Morgan fingerprint density at radius 2 is 1.96 bits per heavy atom. The van der Waals surface area contributed by atoms with Gasteiger partial charge in [-0.3, -0.25) is 4.79 Å². The summed E-state index contributed by atoms with van der Waals surface area (Å²) in [7, 11) is 0. The minimum Gasteiger partial charge on any atom is -0.339 e. The van der Waals surface area contributed by atoms with Crippen molar-refractivity contribution in [3.63, 3.8) is 0 Å². The molecule has 0 N–H and O–H groups in total. The Labute approximate surface area is 142 Å². The van der Waals surface area contributed by atoms with Crippen LogP contribution in [0.5, 0.6) is 0 Å². The lowest BCUT2D eigenvalue weighted by Crippen LogP contribution is -2.24. The number of carbonyl (C=O) groups excluding carboxylic acids is 1. The van der Waals surface area contributed by atoms with Crippen molar-refractivity contribution in [2.45, 2.75) is 44.8 Å². The molecule has 8 heteroatoms. The third kappa shape index (κ3) is 3.83. The molecule has 1 fully saturated rings. The molecule has 1 aliphatic heterocycles. The van der Waals surface area contributed by atoms with E-state index in [1.807, 2.05) is 13.8 Å². The fourth-order valence-corrected chi connectivity index (χ4v) is 2.76. The van der Waals surface area contributed by atoms with Gasteiger partial charge >= 0.3 is 6.18 Å². The zero-order chi connectivity index (χ0) is 18.2. The number of benzene rings is 1. The summed E-state index contributed by atoms with van der Waals surface area (Å²) in [4.78, 5) is 18.1. The van der Waals surface area contributed by atoms with Crippen LogP contribution in [0.4, 0.5) is 13.2 Å². The Balaban J connectivity index is 1.66. The quantitative estimate of drug-likeness (QED) is 0.840. The highest BCUT2D eigenvalue weighted by atomic mass is 19.4. The number of amides is 1. The molecule has 0 spiro atoms. The molecular formula is C17H18F3N3O2. The van der Waals surface area contributed by atoms with Crippen LogP contribution in [0, 0.1) is 0 Å². The van der Waals surface area contributed by atoms with Crippen molar-refractivity contribution in [1.82, 2.24) is 15.0 Å². The standard InChI is InChI=1S/C17H18F3N3O2/c1-10(2)15-21-16(25-22-15)12-7-14(24)23(9-12)8-11-3-5-13(6-4-11)17(18,19)20/h3-6,10,12H,7-9H2,1-2H3. The summed E-state index contributed by atoms with van der Waals surface area (Å²) >= 11 is 0. The first kappa shape index (κ1) is 17.4. The van der Waals surface area contributed by atoms with Crippen LogP contribution in [-0.2, 0) is 17.5 Å². The molecule has 1 aromatic heterocycles. The van der Waals surface area contributed by atoms with Crippen LogP contribution in [0.3, 0.4) is 0 Å². The lowest BCUT2D eigenvalue weighted by atomic mass is 10.1. The van der Waals surface area contributed by atoms with Crippen molar-refractivity contribution in [3.8, 4) is 0 Å². The molecule has 134 valence electrons. The number of aromatic nitrogens is 2. The van der Waals surface area contributed by atoms with Crippen molar-refractivity contribution in [3.05, 3.63) is 47.1 Å². The van der Waals surface area contributed by atoms with Gasteiger partial charge in [0.1, 0.15) is 0 Å². The van der Waals surface area contributed by atoms with E-state index in [0.29, 0.717) is 23.8 Å². The third-order valence-corrected chi connectivity index (χ3v) is 4.19. The van der Waals surface area contributed by atoms with E-state index >= 15 is 0 Å². The van der Waals surface area contributed by atoms with E-state index in [-0.39, 0.29) is 30.7 Å². The van der Waals surface area contributed by atoms with Crippen LogP contribution in [0.1, 0.15) is 54.9 Å². The largest absolute Gasteiger partial charge is 0.416 e. The monoisotopic (exact) mass is 353 g/mol. The molecule has 2 aromatic rings. The molecule has 0 aliphatic carbocycles. The Bertz CT molecular complexity index is 753. The van der Waals surface area contributed by atoms with E-state index in [4.69, 9.17) is 4.52 Å². The van der Waals surface area contributed by atoms with Gasteiger partial charge in [-0.05, 0) is 17.7 Å². The van der Waals surface area contributed by atoms with E-state index in [2.05, 4.69) is 10.1 Å². The molecular weight excluding hydrogens is 335 g/mol. The van der Waals surface area contributed by atoms with Crippen LogP contribution in [0.25, 0.3) is 0 Å². The predicted molar refractivity (Wildman–Crippen MR) is 82.6 cm³/mol. The van der Waals surface area contributed by atoms with Crippen molar-refractivity contribution < 1.29 is 22.5 Å². The zero-order valence-electron chi connectivity index (χ0n) is 13.9. The maximum Gasteiger partial charge on any atom is 0.416 e. The predicted octanol–water partition coefficient (Wildman–Crippen LogP) is 3.73. The first-order valence-corrected chi connectivity index (χ1v) is 8.01. The minimum absolute atomic E-state index is 0.0748. The molecule has 0 bridgehead atoms. The fraction of sp³-hybridized carbons (Fsp3) is 0.471. The van der Waals surface area contributed by atoms with E-state index < -0.39 is 11.7 Å². The summed E-state index contributed by atoms with van der Waals surface area (Å²) in [5, 5.41) is 3.90. The van der Waals surface area contributed by atoms with Crippen LogP contribution in [0.15, 0.2) is 28.8 Å². The molecule has 1 saturated heterocycles. The highest BCUT2D eigenvalue weighted by molar-refractivity contribution is 5.79. The van der Waals surface area contributed by atoms with Gasteiger partial charge in [-0.25, -0.2) is 0 Å². The summed E-state index contributed by atoms with van der Waals surface area (Å²) in [6.07, 6.45) is -4.10. The first-order chi connectivity index (χ1) is 11.7. The summed E-state index contributed by atoms with van der Waals surface area (Å²) < 4.78 is 43.0. The third-order valence-electron chi connectivity index (χ3n) is 4.19. The highest BCUT2D eigenvalue weighted by Crippen LogP contribution is 2.31. The van der Waals surface area contributed by atoms with Gasteiger partial charge in [0, 0.05) is 25.4 Å². The van der Waals surface area contributed by atoms with E-state index in [0.717, 1.165) is 12.1 Å². The number of rotatable bonds is 4. The molecule has 1 aliphatic rings. The van der Waals surface area contributed by atoms with Gasteiger partial charge in [0.2, 0.25) is 11.8 Å². The average molecular weight is 353 g/mol. The Morgan fingerprint density at radius 3 is 2.52 bits per heavy atom. The van der Waals surface area contributed by atoms with E-state index in [1.165, 1.54) is 12.1 Å². The molecule has 5 nitrogen and oxygen atoms in total. The van der Waals surface area contributed by atoms with Gasteiger partial charge in [0.05, 0.1) is 11.5 Å². The topological polar surface area (TPSA) is 59.2 Å². The molecule has 1 atom stereocenters. The molecule has 1 unspecified atom stereocenters. The molecule has 3 rings (SSSR count). The van der Waals surface area contributed by atoms with Gasteiger partial charge < -0.3 is 9.42 Å². The summed E-state index contributed by atoms with van der Waals surface area (Å²) in [6, 6.07) is 4.85. The summed E-state index contributed by atoms with van der Waals surface area (Å²) in [5.74, 6) is 0.921. The Kier molecular flexibility index (Phi) is 4.53. The smallest absolute Gasteiger partial charge is 0.339 e. The minimum atomic E-state index is -4.36. The van der Waals surface area contributed by atoms with Gasteiger partial charge in [0.15, 0.2) is 5.82 Å². The lowest BCUT2D eigenvalue weighted by molar-refractivity contribution is -0.137. The van der Waals surface area contributed by atoms with Gasteiger partial charge in [-0.15, -0.1) is 0 Å². The number of halogens is 3. The second-order valence-corrected chi connectivity index (χ2v) is 6.52.